The third-order valence-electron chi connectivity index (χ3n) is 6.92. The monoisotopic (exact) mass is 385 g/mol. The number of alkyl halides is 1. The summed E-state index contributed by atoms with van der Waals surface area (Å²) in [6.07, 6.45) is 13.4. The Bertz CT molecular complexity index is 939. The van der Waals surface area contributed by atoms with E-state index < -0.39 is 0 Å². The first kappa shape index (κ1) is 13.9. The van der Waals surface area contributed by atoms with E-state index in [9.17, 15) is 4.79 Å². The number of hydrogen-bond acceptors (Lipinski definition) is 2. The van der Waals surface area contributed by atoms with Gasteiger partial charge in [0.15, 0.2) is 0 Å². The van der Waals surface area contributed by atoms with Crippen LogP contribution in [0.2, 0.25) is 0 Å². The molecule has 1 N–H and O–H groups in total. The number of fused-ring (bicyclic) bond motifs is 3. The lowest BCUT2D eigenvalue weighted by Crippen LogP contribution is -2.52. The number of pyridine rings is 1. The number of aromatic nitrogens is 3. The van der Waals surface area contributed by atoms with Gasteiger partial charge in [-0.15, -0.1) is 0 Å². The molecule has 0 amide bonds. The van der Waals surface area contributed by atoms with Crippen LogP contribution < -0.4 is 5.56 Å². The summed E-state index contributed by atoms with van der Waals surface area (Å²) in [5, 5.41) is 3.95. The molecule has 4 nitrogen and oxygen atoms in total. The van der Waals surface area contributed by atoms with E-state index in [1.165, 1.54) is 32.1 Å². The highest BCUT2D eigenvalue weighted by Crippen LogP contribution is 2.62. The van der Waals surface area contributed by atoms with Crippen molar-refractivity contribution in [2.45, 2.75) is 48.9 Å². The van der Waals surface area contributed by atoms with Gasteiger partial charge in [-0.05, 0) is 49.9 Å². The molecule has 0 saturated heterocycles. The highest BCUT2D eigenvalue weighted by Gasteiger charge is 2.55. The summed E-state index contributed by atoms with van der Waals surface area (Å²) >= 11 is 4.06. The molecule has 4 saturated carbocycles. The number of allylic oxidation sites excluding steroid dienone is 1. The first-order chi connectivity index (χ1) is 11.6. The van der Waals surface area contributed by atoms with Crippen molar-refractivity contribution < 1.29 is 0 Å². The van der Waals surface area contributed by atoms with Gasteiger partial charge in [0, 0.05) is 22.5 Å². The van der Waals surface area contributed by atoms with Gasteiger partial charge >= 0.3 is 0 Å². The fourth-order valence-corrected chi connectivity index (χ4v) is 7.67. The van der Waals surface area contributed by atoms with Crippen molar-refractivity contribution in [1.82, 2.24) is 14.8 Å². The Labute approximate surface area is 148 Å². The van der Waals surface area contributed by atoms with E-state index in [1.54, 1.807) is 6.20 Å². The smallest absolute Gasteiger partial charge is 0.273 e. The van der Waals surface area contributed by atoms with Crippen LogP contribution >= 0.6 is 15.9 Å². The van der Waals surface area contributed by atoms with Crippen LogP contribution in [0.1, 0.15) is 49.4 Å². The zero-order valence-corrected chi connectivity index (χ0v) is 15.1. The van der Waals surface area contributed by atoms with Crippen molar-refractivity contribution in [2.75, 3.05) is 0 Å². The number of nitrogens with one attached hydrogen (secondary N) is 1. The average Bonchev–Trinajstić information content (AvgIpc) is 3.10. The zero-order chi connectivity index (χ0) is 16.1. The molecule has 2 heterocycles. The van der Waals surface area contributed by atoms with Gasteiger partial charge in [0.2, 0.25) is 0 Å². The lowest BCUT2D eigenvalue weighted by molar-refractivity contribution is -0.0146. The summed E-state index contributed by atoms with van der Waals surface area (Å²) in [5.41, 5.74) is 3.38. The highest BCUT2D eigenvalue weighted by molar-refractivity contribution is 9.10. The SMILES string of the molecule is O=c1[nH]n(C2C3CC4CC2CC(Br)(C4)C3)c2c3c(ncc12)CC=C3. The lowest BCUT2D eigenvalue weighted by atomic mass is 9.54. The standard InChI is InChI=1S/C19H20BrN3O/c20-19-6-10-4-11(7-19)16(12(5-10)8-19)23-17-13-2-1-3-15(13)21-9-14(17)18(24)22-23/h1-2,9-12,16H,3-8H2,(H,22,24). The van der Waals surface area contributed by atoms with E-state index in [2.05, 4.69) is 42.8 Å². The number of H-pyrrole nitrogens is 1. The molecule has 0 radical (unpaired) electrons. The fraction of sp³-hybridized carbons (Fsp3) is 0.579. The van der Waals surface area contributed by atoms with Crippen molar-refractivity contribution in [3.8, 4) is 0 Å². The summed E-state index contributed by atoms with van der Waals surface area (Å²) in [5.74, 6) is 2.23. The Kier molecular flexibility index (Phi) is 2.56. The number of halogens is 1. The molecule has 5 aliphatic rings. The molecule has 2 unspecified atom stereocenters. The number of rotatable bonds is 1. The first-order valence-electron chi connectivity index (χ1n) is 9.09. The molecule has 124 valence electrons. The molecule has 2 aromatic rings. The fourth-order valence-electron chi connectivity index (χ4n) is 6.38. The minimum atomic E-state index is 0.0166. The van der Waals surface area contributed by atoms with E-state index in [-0.39, 0.29) is 5.56 Å². The van der Waals surface area contributed by atoms with Crippen molar-refractivity contribution >= 4 is 32.9 Å². The maximum absolute atomic E-state index is 12.5. The predicted molar refractivity (Wildman–Crippen MR) is 97.3 cm³/mol. The summed E-state index contributed by atoms with van der Waals surface area (Å²) in [6.45, 7) is 0. The van der Waals surface area contributed by atoms with Crippen LogP contribution in [-0.2, 0) is 6.42 Å². The minimum absolute atomic E-state index is 0.0166. The number of nitrogens with zero attached hydrogens (tertiary/aromatic N) is 2. The molecule has 24 heavy (non-hydrogen) atoms. The van der Waals surface area contributed by atoms with Crippen molar-refractivity contribution in [1.29, 1.82) is 0 Å². The molecule has 4 fully saturated rings. The van der Waals surface area contributed by atoms with Gasteiger partial charge < -0.3 is 0 Å². The van der Waals surface area contributed by atoms with Gasteiger partial charge in [-0.1, -0.05) is 28.1 Å². The quantitative estimate of drug-likeness (QED) is 0.758. The largest absolute Gasteiger partial charge is 0.280 e. The molecule has 0 aromatic carbocycles. The van der Waals surface area contributed by atoms with Crippen molar-refractivity contribution in [3.05, 3.63) is 33.9 Å². The van der Waals surface area contributed by atoms with E-state index in [4.69, 9.17) is 0 Å². The van der Waals surface area contributed by atoms with E-state index in [0.29, 0.717) is 22.2 Å². The van der Waals surface area contributed by atoms with Crippen LogP contribution in [0.15, 0.2) is 17.1 Å². The summed E-state index contributed by atoms with van der Waals surface area (Å²) < 4.78 is 2.62. The second kappa shape index (κ2) is 4.43. The Morgan fingerprint density at radius 1 is 1.25 bits per heavy atom. The highest BCUT2D eigenvalue weighted by atomic mass is 79.9. The number of hydrogen-bond donors (Lipinski definition) is 1. The summed E-state index contributed by atoms with van der Waals surface area (Å²) in [6, 6.07) is 0.443. The Hall–Kier alpha value is -1.36. The lowest BCUT2D eigenvalue weighted by Gasteiger charge is -2.58. The predicted octanol–water partition coefficient (Wildman–Crippen LogP) is 3.81. The second-order valence-electron chi connectivity index (χ2n) is 8.41. The van der Waals surface area contributed by atoms with Crippen LogP contribution in [0.25, 0.3) is 17.0 Å². The summed E-state index contributed by atoms with van der Waals surface area (Å²) in [7, 11) is 0. The third-order valence-corrected chi connectivity index (χ3v) is 7.89. The molecular weight excluding hydrogens is 366 g/mol. The van der Waals surface area contributed by atoms with Crippen molar-refractivity contribution in [2.24, 2.45) is 17.8 Å². The molecule has 5 heteroatoms. The van der Waals surface area contributed by atoms with Crippen LogP contribution in [0.3, 0.4) is 0 Å². The topological polar surface area (TPSA) is 50.7 Å². The van der Waals surface area contributed by atoms with Gasteiger partial charge in [0.25, 0.3) is 5.56 Å². The molecule has 4 bridgehead atoms. The molecule has 2 aromatic heterocycles. The van der Waals surface area contributed by atoms with Crippen LogP contribution in [-0.4, -0.2) is 19.1 Å². The average molecular weight is 386 g/mol. The summed E-state index contributed by atoms with van der Waals surface area (Å²) in [4.78, 5) is 17.1. The maximum atomic E-state index is 12.5. The van der Waals surface area contributed by atoms with Crippen LogP contribution in [0, 0.1) is 17.8 Å². The Morgan fingerprint density at radius 2 is 2.04 bits per heavy atom. The minimum Gasteiger partial charge on any atom is -0.280 e. The van der Waals surface area contributed by atoms with Crippen LogP contribution in [0.5, 0.6) is 0 Å². The van der Waals surface area contributed by atoms with Crippen molar-refractivity contribution in [3.63, 3.8) is 0 Å². The van der Waals surface area contributed by atoms with Gasteiger partial charge in [-0.25, -0.2) is 0 Å². The van der Waals surface area contributed by atoms with Gasteiger partial charge in [0.1, 0.15) is 0 Å². The Balaban J connectivity index is 1.57. The van der Waals surface area contributed by atoms with Crippen LogP contribution in [0.4, 0.5) is 0 Å². The van der Waals surface area contributed by atoms with Gasteiger partial charge in [0.05, 0.1) is 22.6 Å². The maximum Gasteiger partial charge on any atom is 0.273 e. The molecule has 5 aliphatic carbocycles. The molecule has 7 rings (SSSR count). The third kappa shape index (κ3) is 1.69. The van der Waals surface area contributed by atoms with Gasteiger partial charge in [-0.3, -0.25) is 19.6 Å². The first-order valence-corrected chi connectivity index (χ1v) is 9.88. The second-order valence-corrected chi connectivity index (χ2v) is 10.1. The molecular formula is C19H20BrN3O. The Morgan fingerprint density at radius 3 is 2.79 bits per heavy atom. The molecule has 0 aliphatic heterocycles. The van der Waals surface area contributed by atoms with Gasteiger partial charge in [-0.2, -0.15) is 0 Å². The van der Waals surface area contributed by atoms with E-state index >= 15 is 0 Å². The van der Waals surface area contributed by atoms with E-state index in [0.717, 1.165) is 34.5 Å². The normalized spacial score (nSPS) is 39.0. The van der Waals surface area contributed by atoms with E-state index in [1.807, 2.05) is 0 Å². The number of aromatic amines is 1. The molecule has 0 spiro atoms. The molecule has 2 atom stereocenters. The zero-order valence-electron chi connectivity index (χ0n) is 13.5.